The SMILES string of the molecule is O=C(Cn1cnc2ccccc21)NN=Cc1c(O)ccc2ccccc12. The summed E-state index contributed by atoms with van der Waals surface area (Å²) in [6.45, 7) is 0.110. The van der Waals surface area contributed by atoms with Gasteiger partial charge in [0.1, 0.15) is 12.3 Å². The number of rotatable bonds is 4. The molecule has 0 saturated carbocycles. The smallest absolute Gasteiger partial charge is 0.260 e. The van der Waals surface area contributed by atoms with Crippen LogP contribution >= 0.6 is 0 Å². The number of benzene rings is 3. The number of carbonyl (C=O) groups is 1. The number of nitrogens with zero attached hydrogens (tertiary/aromatic N) is 3. The van der Waals surface area contributed by atoms with E-state index >= 15 is 0 Å². The summed E-state index contributed by atoms with van der Waals surface area (Å²) < 4.78 is 1.76. The van der Waals surface area contributed by atoms with Crippen LogP contribution in [-0.2, 0) is 11.3 Å². The minimum absolute atomic E-state index is 0.110. The number of para-hydroxylation sites is 2. The lowest BCUT2D eigenvalue weighted by Gasteiger charge is -2.05. The fourth-order valence-corrected chi connectivity index (χ4v) is 2.91. The number of aromatic hydroxyl groups is 1. The van der Waals surface area contributed by atoms with E-state index in [2.05, 4.69) is 15.5 Å². The first-order valence-electron chi connectivity index (χ1n) is 8.15. The number of nitrogens with one attached hydrogen (secondary N) is 1. The van der Waals surface area contributed by atoms with Gasteiger partial charge in [0.2, 0.25) is 0 Å². The molecule has 4 aromatic rings. The van der Waals surface area contributed by atoms with Gasteiger partial charge in [0.25, 0.3) is 5.91 Å². The molecular weight excluding hydrogens is 328 g/mol. The number of fused-ring (bicyclic) bond motifs is 2. The van der Waals surface area contributed by atoms with Gasteiger partial charge in [0, 0.05) is 5.56 Å². The number of phenols is 1. The third kappa shape index (κ3) is 3.00. The highest BCUT2D eigenvalue weighted by Crippen LogP contribution is 2.25. The van der Waals surface area contributed by atoms with E-state index in [0.29, 0.717) is 5.56 Å². The van der Waals surface area contributed by atoms with E-state index in [1.54, 1.807) is 17.0 Å². The molecule has 0 aliphatic heterocycles. The Bertz CT molecular complexity index is 1130. The molecule has 0 aliphatic carbocycles. The highest BCUT2D eigenvalue weighted by molar-refractivity contribution is 6.02. The molecule has 3 aromatic carbocycles. The van der Waals surface area contributed by atoms with Gasteiger partial charge in [-0.25, -0.2) is 10.4 Å². The first kappa shape index (κ1) is 15.8. The molecule has 0 fully saturated rings. The summed E-state index contributed by atoms with van der Waals surface area (Å²) >= 11 is 0. The number of hydrazone groups is 1. The van der Waals surface area contributed by atoms with Crippen LogP contribution in [0.25, 0.3) is 21.8 Å². The lowest BCUT2D eigenvalue weighted by molar-refractivity contribution is -0.121. The molecule has 0 radical (unpaired) electrons. The van der Waals surface area contributed by atoms with Crippen LogP contribution < -0.4 is 5.43 Å². The summed E-state index contributed by atoms with van der Waals surface area (Å²) in [5.74, 6) is -0.161. The number of phenolic OH excluding ortho intramolecular Hbond substituents is 1. The highest BCUT2D eigenvalue weighted by Gasteiger charge is 2.07. The molecule has 0 unspecified atom stereocenters. The summed E-state index contributed by atoms with van der Waals surface area (Å²) in [6.07, 6.45) is 3.09. The average Bonchev–Trinajstić information content (AvgIpc) is 3.06. The predicted molar refractivity (Wildman–Crippen MR) is 101 cm³/mol. The molecule has 1 aromatic heterocycles. The molecule has 0 bridgehead atoms. The second kappa shape index (κ2) is 6.68. The first-order valence-corrected chi connectivity index (χ1v) is 8.15. The van der Waals surface area contributed by atoms with Crippen LogP contribution in [0.1, 0.15) is 5.56 Å². The Morgan fingerprint density at radius 1 is 1.12 bits per heavy atom. The molecule has 4 rings (SSSR count). The quantitative estimate of drug-likeness (QED) is 0.441. The molecule has 128 valence electrons. The maximum absolute atomic E-state index is 12.2. The van der Waals surface area contributed by atoms with Gasteiger partial charge in [0.15, 0.2) is 0 Å². The minimum atomic E-state index is -0.274. The van der Waals surface area contributed by atoms with Gasteiger partial charge in [-0.05, 0) is 29.0 Å². The summed E-state index contributed by atoms with van der Waals surface area (Å²) in [6, 6.07) is 18.7. The predicted octanol–water partition coefficient (Wildman–Crippen LogP) is 3.05. The molecule has 26 heavy (non-hydrogen) atoms. The topological polar surface area (TPSA) is 79.5 Å². The Kier molecular flexibility index (Phi) is 4.07. The van der Waals surface area contributed by atoms with Crippen LogP contribution in [0.15, 0.2) is 72.1 Å². The van der Waals surface area contributed by atoms with Crippen molar-refractivity contribution in [2.75, 3.05) is 0 Å². The molecule has 0 atom stereocenters. The van der Waals surface area contributed by atoms with Crippen LogP contribution in [-0.4, -0.2) is 26.8 Å². The summed E-state index contributed by atoms with van der Waals surface area (Å²) in [5, 5.41) is 15.9. The van der Waals surface area contributed by atoms with E-state index in [1.807, 2.05) is 54.6 Å². The fraction of sp³-hybridized carbons (Fsp3) is 0.0500. The average molecular weight is 344 g/mol. The number of aromatic nitrogens is 2. The Morgan fingerprint density at radius 3 is 2.85 bits per heavy atom. The van der Waals surface area contributed by atoms with E-state index in [9.17, 15) is 9.90 Å². The number of hydrogen-bond donors (Lipinski definition) is 2. The van der Waals surface area contributed by atoms with Gasteiger partial charge in [-0.15, -0.1) is 0 Å². The largest absolute Gasteiger partial charge is 0.507 e. The summed E-state index contributed by atoms with van der Waals surface area (Å²) in [7, 11) is 0. The molecule has 0 saturated heterocycles. The zero-order valence-electron chi connectivity index (χ0n) is 13.8. The summed E-state index contributed by atoms with van der Waals surface area (Å²) in [4.78, 5) is 16.4. The molecular formula is C20H16N4O2. The maximum Gasteiger partial charge on any atom is 0.260 e. The normalized spacial score (nSPS) is 11.4. The second-order valence-electron chi connectivity index (χ2n) is 5.87. The van der Waals surface area contributed by atoms with Crippen LogP contribution in [0.3, 0.4) is 0 Å². The molecule has 1 heterocycles. The zero-order valence-corrected chi connectivity index (χ0v) is 13.8. The first-order chi connectivity index (χ1) is 12.7. The van der Waals surface area contributed by atoms with E-state index in [1.165, 1.54) is 6.21 Å². The Labute approximate surface area is 149 Å². The molecule has 0 spiro atoms. The summed E-state index contributed by atoms with van der Waals surface area (Å²) in [5.41, 5.74) is 4.79. The number of carbonyl (C=O) groups excluding carboxylic acids is 1. The molecule has 1 amide bonds. The minimum Gasteiger partial charge on any atom is -0.507 e. The van der Waals surface area contributed by atoms with Crippen molar-refractivity contribution >= 4 is 33.9 Å². The van der Waals surface area contributed by atoms with Gasteiger partial charge in [0.05, 0.1) is 23.6 Å². The van der Waals surface area contributed by atoms with E-state index < -0.39 is 0 Å². The fourth-order valence-electron chi connectivity index (χ4n) is 2.91. The van der Waals surface area contributed by atoms with Gasteiger partial charge in [-0.3, -0.25) is 4.79 Å². The van der Waals surface area contributed by atoms with E-state index in [4.69, 9.17) is 0 Å². The van der Waals surface area contributed by atoms with Crippen molar-refractivity contribution < 1.29 is 9.90 Å². The standard InChI is InChI=1S/C20H16N4O2/c25-19-10-9-14-5-1-2-6-15(14)16(19)11-22-23-20(26)12-24-13-21-17-7-3-4-8-18(17)24/h1-11,13,25H,12H2,(H,23,26). The Hall–Kier alpha value is -3.67. The van der Waals surface area contributed by atoms with Crippen LogP contribution in [0.4, 0.5) is 0 Å². The van der Waals surface area contributed by atoms with Crippen molar-refractivity contribution in [1.29, 1.82) is 0 Å². The molecule has 6 heteroatoms. The van der Waals surface area contributed by atoms with Crippen molar-refractivity contribution in [3.05, 3.63) is 72.6 Å². The van der Waals surface area contributed by atoms with Crippen molar-refractivity contribution in [1.82, 2.24) is 15.0 Å². The number of imidazole rings is 1. The number of amides is 1. The molecule has 6 nitrogen and oxygen atoms in total. The van der Waals surface area contributed by atoms with Crippen molar-refractivity contribution in [2.45, 2.75) is 6.54 Å². The van der Waals surface area contributed by atoms with E-state index in [0.717, 1.165) is 21.8 Å². The monoisotopic (exact) mass is 344 g/mol. The Morgan fingerprint density at radius 2 is 1.92 bits per heavy atom. The van der Waals surface area contributed by atoms with Gasteiger partial charge >= 0.3 is 0 Å². The van der Waals surface area contributed by atoms with E-state index in [-0.39, 0.29) is 18.2 Å². The zero-order chi connectivity index (χ0) is 17.9. The van der Waals surface area contributed by atoms with Gasteiger partial charge in [-0.2, -0.15) is 5.10 Å². The number of hydrogen-bond acceptors (Lipinski definition) is 4. The molecule has 0 aliphatic rings. The van der Waals surface area contributed by atoms with Crippen LogP contribution in [0.5, 0.6) is 5.75 Å². The van der Waals surface area contributed by atoms with Crippen molar-refractivity contribution in [2.24, 2.45) is 5.10 Å². The van der Waals surface area contributed by atoms with Crippen LogP contribution in [0, 0.1) is 0 Å². The highest BCUT2D eigenvalue weighted by atomic mass is 16.3. The molecule has 2 N–H and O–H groups in total. The second-order valence-corrected chi connectivity index (χ2v) is 5.87. The van der Waals surface area contributed by atoms with Gasteiger partial charge in [-0.1, -0.05) is 42.5 Å². The lowest BCUT2D eigenvalue weighted by atomic mass is 10.0. The van der Waals surface area contributed by atoms with Gasteiger partial charge < -0.3 is 9.67 Å². The van der Waals surface area contributed by atoms with Crippen molar-refractivity contribution in [3.8, 4) is 5.75 Å². The Balaban J connectivity index is 1.50. The third-order valence-electron chi connectivity index (χ3n) is 4.17. The van der Waals surface area contributed by atoms with Crippen molar-refractivity contribution in [3.63, 3.8) is 0 Å². The third-order valence-corrected chi connectivity index (χ3v) is 4.17. The lowest BCUT2D eigenvalue weighted by Crippen LogP contribution is -2.22. The van der Waals surface area contributed by atoms with Crippen LogP contribution in [0.2, 0.25) is 0 Å². The maximum atomic E-state index is 12.2.